The zero-order valence-electron chi connectivity index (χ0n) is 9.21. The van der Waals surface area contributed by atoms with Gasteiger partial charge in [-0.05, 0) is 12.8 Å². The third-order valence-corrected chi connectivity index (χ3v) is 2.96. The Labute approximate surface area is 96.4 Å². The number of nitrogens with zero attached hydrogens (tertiary/aromatic N) is 1. The van der Waals surface area contributed by atoms with E-state index < -0.39 is 31.0 Å². The van der Waals surface area contributed by atoms with Crippen molar-refractivity contribution in [3.63, 3.8) is 0 Å². The molecular formula is C10H15F4NO2. The van der Waals surface area contributed by atoms with Crippen molar-refractivity contribution in [1.82, 2.24) is 4.90 Å². The van der Waals surface area contributed by atoms with Gasteiger partial charge < -0.3 is 5.11 Å². The molecule has 0 unspecified atom stereocenters. The Morgan fingerprint density at radius 1 is 1.29 bits per heavy atom. The first kappa shape index (κ1) is 14.1. The van der Waals surface area contributed by atoms with Crippen LogP contribution >= 0.6 is 0 Å². The Morgan fingerprint density at radius 2 is 1.82 bits per heavy atom. The molecular weight excluding hydrogens is 242 g/mol. The highest BCUT2D eigenvalue weighted by Gasteiger charge is 2.45. The van der Waals surface area contributed by atoms with E-state index >= 15 is 0 Å². The molecule has 1 saturated carbocycles. The summed E-state index contributed by atoms with van der Waals surface area (Å²) >= 11 is 0. The SMILES string of the molecule is O=C(O)N(CC(F)(F)C(F)F)C1CCCCC1. The smallest absolute Gasteiger partial charge is 0.407 e. The number of hydrogen-bond donors (Lipinski definition) is 1. The van der Waals surface area contributed by atoms with Crippen molar-refractivity contribution in [3.05, 3.63) is 0 Å². The molecule has 0 saturated heterocycles. The third-order valence-electron chi connectivity index (χ3n) is 2.96. The average molecular weight is 257 g/mol. The second-order valence-corrected chi connectivity index (χ2v) is 4.26. The standard InChI is InChI=1S/C10H15F4NO2/c11-8(12)10(13,14)6-15(9(16)17)7-4-2-1-3-5-7/h7-8H,1-6H2,(H,16,17). The van der Waals surface area contributed by atoms with Crippen LogP contribution in [0.5, 0.6) is 0 Å². The quantitative estimate of drug-likeness (QED) is 0.786. The molecule has 17 heavy (non-hydrogen) atoms. The Bertz CT molecular complexity index is 267. The van der Waals surface area contributed by atoms with E-state index in [1.54, 1.807) is 0 Å². The zero-order chi connectivity index (χ0) is 13.1. The van der Waals surface area contributed by atoms with Crippen molar-refractivity contribution in [3.8, 4) is 0 Å². The van der Waals surface area contributed by atoms with Crippen LogP contribution in [-0.2, 0) is 0 Å². The van der Waals surface area contributed by atoms with Crippen LogP contribution in [0.1, 0.15) is 32.1 Å². The summed E-state index contributed by atoms with van der Waals surface area (Å²) in [6.07, 6.45) is -2.05. The largest absolute Gasteiger partial charge is 0.465 e. The van der Waals surface area contributed by atoms with Crippen molar-refractivity contribution < 1.29 is 27.5 Å². The Morgan fingerprint density at radius 3 is 2.24 bits per heavy atom. The summed E-state index contributed by atoms with van der Waals surface area (Å²) in [4.78, 5) is 11.3. The number of alkyl halides is 4. The summed E-state index contributed by atoms with van der Waals surface area (Å²) < 4.78 is 49.8. The van der Waals surface area contributed by atoms with E-state index in [9.17, 15) is 22.4 Å². The van der Waals surface area contributed by atoms with E-state index in [0.29, 0.717) is 17.7 Å². The molecule has 0 aliphatic heterocycles. The molecule has 0 atom stereocenters. The first-order valence-corrected chi connectivity index (χ1v) is 5.50. The number of rotatable bonds is 4. The Kier molecular flexibility index (Phi) is 4.59. The molecule has 0 spiro atoms. The lowest BCUT2D eigenvalue weighted by Gasteiger charge is -2.34. The molecule has 1 N–H and O–H groups in total. The Balaban J connectivity index is 2.69. The molecule has 1 aliphatic carbocycles. The highest BCUT2D eigenvalue weighted by Crippen LogP contribution is 2.29. The average Bonchev–Trinajstić information content (AvgIpc) is 2.26. The molecule has 0 aromatic rings. The maximum atomic E-state index is 12.9. The van der Waals surface area contributed by atoms with Crippen LogP contribution in [0.25, 0.3) is 0 Å². The summed E-state index contributed by atoms with van der Waals surface area (Å²) in [6.45, 7) is -1.43. The lowest BCUT2D eigenvalue weighted by atomic mass is 9.94. The molecule has 0 aromatic carbocycles. The Hall–Kier alpha value is -1.01. The van der Waals surface area contributed by atoms with Crippen molar-refractivity contribution in [2.24, 2.45) is 0 Å². The molecule has 1 amide bonds. The first-order chi connectivity index (χ1) is 7.84. The second-order valence-electron chi connectivity index (χ2n) is 4.26. The van der Waals surface area contributed by atoms with Gasteiger partial charge in [-0.3, -0.25) is 4.90 Å². The van der Waals surface area contributed by atoms with Crippen LogP contribution in [-0.4, -0.2) is 41.0 Å². The van der Waals surface area contributed by atoms with Gasteiger partial charge in [0.15, 0.2) is 0 Å². The van der Waals surface area contributed by atoms with Crippen molar-refractivity contribution in [1.29, 1.82) is 0 Å². The predicted molar refractivity (Wildman–Crippen MR) is 52.6 cm³/mol. The maximum absolute atomic E-state index is 12.9. The summed E-state index contributed by atoms with van der Waals surface area (Å²) in [7, 11) is 0. The zero-order valence-corrected chi connectivity index (χ0v) is 9.21. The molecule has 0 aromatic heterocycles. The number of halogens is 4. The first-order valence-electron chi connectivity index (χ1n) is 5.50. The van der Waals surface area contributed by atoms with E-state index in [1.807, 2.05) is 0 Å². The fraction of sp³-hybridized carbons (Fsp3) is 0.900. The van der Waals surface area contributed by atoms with Gasteiger partial charge in [0.25, 0.3) is 0 Å². The molecule has 1 aliphatic rings. The molecule has 0 bridgehead atoms. The molecule has 100 valence electrons. The minimum absolute atomic E-state index is 0.464. The van der Waals surface area contributed by atoms with Gasteiger partial charge in [-0.1, -0.05) is 19.3 Å². The van der Waals surface area contributed by atoms with Gasteiger partial charge in [0, 0.05) is 6.04 Å². The van der Waals surface area contributed by atoms with Gasteiger partial charge in [0.1, 0.15) is 0 Å². The van der Waals surface area contributed by atoms with Gasteiger partial charge >= 0.3 is 18.4 Å². The maximum Gasteiger partial charge on any atom is 0.407 e. The van der Waals surface area contributed by atoms with E-state index in [1.165, 1.54) is 0 Å². The van der Waals surface area contributed by atoms with Crippen molar-refractivity contribution >= 4 is 6.09 Å². The lowest BCUT2D eigenvalue weighted by Crippen LogP contribution is -2.49. The van der Waals surface area contributed by atoms with Gasteiger partial charge in [0.2, 0.25) is 0 Å². The van der Waals surface area contributed by atoms with Crippen LogP contribution < -0.4 is 0 Å². The number of hydrogen-bond acceptors (Lipinski definition) is 1. The summed E-state index contributed by atoms with van der Waals surface area (Å²) in [5, 5.41) is 8.82. The third kappa shape index (κ3) is 3.74. The highest BCUT2D eigenvalue weighted by molar-refractivity contribution is 5.65. The van der Waals surface area contributed by atoms with E-state index in [0.717, 1.165) is 19.3 Å². The van der Waals surface area contributed by atoms with Gasteiger partial charge in [0.05, 0.1) is 6.54 Å². The fourth-order valence-corrected chi connectivity index (χ4v) is 2.04. The monoisotopic (exact) mass is 257 g/mol. The summed E-state index contributed by atoms with van der Waals surface area (Å²) in [6, 6.07) is -0.564. The van der Waals surface area contributed by atoms with E-state index in [-0.39, 0.29) is 0 Å². The minimum Gasteiger partial charge on any atom is -0.465 e. The van der Waals surface area contributed by atoms with Crippen LogP contribution in [0.15, 0.2) is 0 Å². The van der Waals surface area contributed by atoms with Gasteiger partial charge in [-0.2, -0.15) is 8.78 Å². The van der Waals surface area contributed by atoms with E-state index in [2.05, 4.69) is 0 Å². The molecule has 0 radical (unpaired) electrons. The van der Waals surface area contributed by atoms with Crippen molar-refractivity contribution in [2.75, 3.05) is 6.54 Å². The number of carbonyl (C=O) groups is 1. The molecule has 1 fully saturated rings. The predicted octanol–water partition coefficient (Wildman–Crippen LogP) is 3.20. The van der Waals surface area contributed by atoms with Crippen LogP contribution in [0.4, 0.5) is 22.4 Å². The minimum atomic E-state index is -4.28. The van der Waals surface area contributed by atoms with Crippen molar-refractivity contribution in [2.45, 2.75) is 50.5 Å². The van der Waals surface area contributed by atoms with Gasteiger partial charge in [-0.15, -0.1) is 0 Å². The summed E-state index contributed by atoms with van der Waals surface area (Å²) in [5.41, 5.74) is 0. The van der Waals surface area contributed by atoms with Crippen LogP contribution in [0.2, 0.25) is 0 Å². The molecule has 0 heterocycles. The fourth-order valence-electron chi connectivity index (χ4n) is 2.04. The highest BCUT2D eigenvalue weighted by atomic mass is 19.3. The lowest BCUT2D eigenvalue weighted by molar-refractivity contribution is -0.143. The number of carboxylic acid groups (broad SMARTS) is 1. The molecule has 1 rings (SSSR count). The van der Waals surface area contributed by atoms with E-state index in [4.69, 9.17) is 5.11 Å². The topological polar surface area (TPSA) is 40.5 Å². The summed E-state index contributed by atoms with van der Waals surface area (Å²) in [5.74, 6) is -4.28. The second kappa shape index (κ2) is 5.55. The van der Waals surface area contributed by atoms with Crippen LogP contribution in [0.3, 0.4) is 0 Å². The number of amides is 1. The normalized spacial score (nSPS) is 18.4. The molecule has 7 heteroatoms. The molecule has 3 nitrogen and oxygen atoms in total. The van der Waals surface area contributed by atoms with Crippen LogP contribution in [0, 0.1) is 0 Å². The van der Waals surface area contributed by atoms with Gasteiger partial charge in [-0.25, -0.2) is 13.6 Å².